The fraction of sp³-hybridized carbons (Fsp3) is 0. The van der Waals surface area contributed by atoms with Gasteiger partial charge in [0.1, 0.15) is 0 Å². The van der Waals surface area contributed by atoms with E-state index in [-0.39, 0.29) is 29.6 Å². The molecule has 0 aromatic rings. The van der Waals surface area contributed by atoms with Crippen LogP contribution in [0.1, 0.15) is 0 Å². The van der Waals surface area contributed by atoms with Crippen LogP contribution in [0.25, 0.3) is 0 Å². The first-order valence-electron chi connectivity index (χ1n) is 1.35. The summed E-state index contributed by atoms with van der Waals surface area (Å²) in [5, 5.41) is 17.1. The molecule has 0 amide bonds. The van der Waals surface area contributed by atoms with Gasteiger partial charge in [0.25, 0.3) is 0 Å². The first-order chi connectivity index (χ1) is 3.41. The Hall–Kier alpha value is 0.140. The maximum Gasteiger partial charge on any atom is 1.00 e. The van der Waals surface area contributed by atoms with E-state index in [0.29, 0.717) is 16.7 Å². The quantitative estimate of drug-likeness (QED) is 0.130. The smallest absolute Gasteiger partial charge is 0.824 e. The van der Waals surface area contributed by atoms with E-state index in [1.54, 1.807) is 0 Å². The van der Waals surface area contributed by atoms with Gasteiger partial charge < -0.3 is 5.11 Å². The summed E-state index contributed by atoms with van der Waals surface area (Å²) < 4.78 is 3.15. The van der Waals surface area contributed by atoms with E-state index in [2.05, 4.69) is 4.47 Å². The van der Waals surface area contributed by atoms with E-state index >= 15 is 0 Å². The molecule has 0 spiro atoms. The van der Waals surface area contributed by atoms with Crippen molar-refractivity contribution in [2.75, 3.05) is 0 Å². The molecule has 0 aliphatic heterocycles. The van der Waals surface area contributed by atoms with Gasteiger partial charge in [-0.15, -0.1) is 10.0 Å². The monoisotopic (exact) mass is 139 g/mol. The minimum absolute atomic E-state index is 0. The van der Waals surface area contributed by atoms with E-state index in [0.717, 1.165) is 0 Å². The molecule has 0 aromatic carbocycles. The fourth-order valence-corrected chi connectivity index (χ4v) is 0.205. The molecular formula is C2H2N3NaOS. The van der Waals surface area contributed by atoms with Crippen LogP contribution in [0.4, 0.5) is 0 Å². The average molecular weight is 139 g/mol. The Morgan fingerprint density at radius 3 is 2.88 bits per heavy atom. The predicted octanol–water partition coefficient (Wildman–Crippen LogP) is -4.64. The molecule has 0 saturated heterocycles. The molecule has 38 valence electrons. The molecule has 8 heavy (non-hydrogen) atoms. The molecule has 0 unspecified atom stereocenters. The zero-order valence-corrected chi connectivity index (χ0v) is 7.10. The molecule has 0 radical (unpaired) electrons. The van der Waals surface area contributed by atoms with E-state index in [9.17, 15) is 5.11 Å². The Balaban J connectivity index is 0. The number of nitriles is 1. The fourth-order valence-electron chi connectivity index (χ4n) is 0.0683. The van der Waals surface area contributed by atoms with Crippen LogP contribution in [0.5, 0.6) is 0 Å². The van der Waals surface area contributed by atoms with Gasteiger partial charge in [-0.1, -0.05) is 0 Å². The summed E-state index contributed by atoms with van der Waals surface area (Å²) in [6.07, 6.45) is 1.51. The van der Waals surface area contributed by atoms with Crippen LogP contribution >= 0.6 is 0 Å². The molecule has 0 bridgehead atoms. The summed E-state index contributed by atoms with van der Waals surface area (Å²) in [6, 6.07) is 0. The van der Waals surface area contributed by atoms with Crippen LogP contribution in [-0.4, -0.2) is 5.55 Å². The predicted molar refractivity (Wildman–Crippen MR) is 24.6 cm³/mol. The minimum Gasteiger partial charge on any atom is -0.824 e. The van der Waals surface area contributed by atoms with Gasteiger partial charge in [0.2, 0.25) is 0 Å². The SMILES string of the molecule is N#CNN=S=C[O-].[Na+]. The van der Waals surface area contributed by atoms with Crippen LogP contribution in [-0.2, 0) is 11.1 Å². The van der Waals surface area contributed by atoms with Crippen molar-refractivity contribution in [3.63, 3.8) is 0 Å². The molecule has 0 aromatic heterocycles. The van der Waals surface area contributed by atoms with Crippen molar-refractivity contribution in [1.29, 1.82) is 5.26 Å². The zero-order chi connectivity index (χ0) is 5.54. The molecule has 4 nitrogen and oxygen atoms in total. The second-order valence-corrected chi connectivity index (χ2v) is 1.10. The number of hydrogen-bond acceptors (Lipinski definition) is 3. The maximum atomic E-state index is 9.40. The van der Waals surface area contributed by atoms with Crippen LogP contribution in [0.2, 0.25) is 0 Å². The summed E-state index contributed by atoms with van der Waals surface area (Å²) in [4.78, 5) is 0. The Bertz CT molecular complexity index is 135. The summed E-state index contributed by atoms with van der Waals surface area (Å²) in [5.74, 6) is 0. The average Bonchev–Trinajstić information content (AvgIpc) is 1.69. The normalized spacial score (nSPS) is 5.00. The Kier molecular flexibility index (Phi) is 14.0. The molecule has 0 aliphatic rings. The zero-order valence-electron chi connectivity index (χ0n) is 4.29. The second-order valence-electron chi connectivity index (χ2n) is 0.517. The van der Waals surface area contributed by atoms with E-state index in [1.165, 1.54) is 6.19 Å². The summed E-state index contributed by atoms with van der Waals surface area (Å²) in [5.41, 5.74) is 2.43. The van der Waals surface area contributed by atoms with Gasteiger partial charge in [-0.2, -0.15) is 5.26 Å². The van der Waals surface area contributed by atoms with Gasteiger partial charge >= 0.3 is 29.6 Å². The second kappa shape index (κ2) is 10.2. The van der Waals surface area contributed by atoms with Crippen LogP contribution < -0.4 is 40.1 Å². The number of nitrogens with one attached hydrogen (secondary N) is 1. The van der Waals surface area contributed by atoms with Crippen molar-refractivity contribution in [1.82, 2.24) is 5.43 Å². The van der Waals surface area contributed by atoms with Crippen LogP contribution in [0, 0.1) is 11.5 Å². The van der Waals surface area contributed by atoms with Gasteiger partial charge in [-0.25, -0.2) is 5.43 Å². The molecule has 0 saturated carbocycles. The molecule has 0 rings (SSSR count). The summed E-state index contributed by atoms with van der Waals surface area (Å²) >= 11 is 0.644. The Morgan fingerprint density at radius 2 is 2.50 bits per heavy atom. The van der Waals surface area contributed by atoms with Crippen molar-refractivity contribution in [3.8, 4) is 6.19 Å². The molecular weight excluding hydrogens is 137 g/mol. The van der Waals surface area contributed by atoms with E-state index in [4.69, 9.17) is 5.26 Å². The van der Waals surface area contributed by atoms with Crippen LogP contribution in [0.15, 0.2) is 4.47 Å². The third-order valence-electron chi connectivity index (χ3n) is 0.191. The molecule has 0 fully saturated rings. The van der Waals surface area contributed by atoms with Crippen molar-refractivity contribution >= 4 is 16.7 Å². The van der Waals surface area contributed by atoms with Crippen molar-refractivity contribution in [2.24, 2.45) is 4.47 Å². The van der Waals surface area contributed by atoms with E-state index in [1.807, 2.05) is 5.43 Å². The number of nitrogens with zero attached hydrogens (tertiary/aromatic N) is 2. The Labute approximate surface area is 72.5 Å². The standard InChI is InChI=1S/C2H3N3OS.Na/c3-1-4-5-7-2-6;/h2,4,6H;/q;+1/p-1. The van der Waals surface area contributed by atoms with Gasteiger partial charge in [0, 0.05) is 0 Å². The Morgan fingerprint density at radius 1 is 1.88 bits per heavy atom. The van der Waals surface area contributed by atoms with Crippen molar-refractivity contribution in [2.45, 2.75) is 0 Å². The van der Waals surface area contributed by atoms with E-state index < -0.39 is 0 Å². The maximum absolute atomic E-state index is 9.40. The molecule has 0 atom stereocenters. The minimum atomic E-state index is 0. The topological polar surface area (TPSA) is 71.2 Å². The molecule has 6 heteroatoms. The number of rotatable bonds is 1. The van der Waals surface area contributed by atoms with Gasteiger partial charge in [-0.05, 0) is 11.1 Å². The summed E-state index contributed by atoms with van der Waals surface area (Å²) in [6.45, 7) is 0. The molecule has 0 aliphatic carbocycles. The molecule has 1 N–H and O–H groups in total. The third-order valence-corrected chi connectivity index (χ3v) is 0.474. The van der Waals surface area contributed by atoms with Crippen molar-refractivity contribution < 1.29 is 34.7 Å². The van der Waals surface area contributed by atoms with Gasteiger partial charge in [0.15, 0.2) is 6.19 Å². The van der Waals surface area contributed by atoms with Crippen molar-refractivity contribution in [3.05, 3.63) is 0 Å². The van der Waals surface area contributed by atoms with Crippen LogP contribution in [0.3, 0.4) is 0 Å². The van der Waals surface area contributed by atoms with Gasteiger partial charge in [-0.3, -0.25) is 0 Å². The first-order valence-corrected chi connectivity index (χ1v) is 2.19. The summed E-state index contributed by atoms with van der Waals surface area (Å²) in [7, 11) is 0. The first kappa shape index (κ1) is 11.0. The third kappa shape index (κ3) is 9.46. The van der Waals surface area contributed by atoms with Gasteiger partial charge in [0.05, 0.1) is 0 Å². The molecule has 0 heterocycles. The number of hydrogen-bond donors (Lipinski definition) is 1. The largest absolute Gasteiger partial charge is 1.00 e.